The highest BCUT2D eigenvalue weighted by Crippen LogP contribution is 2.29. The molecule has 1 heterocycles. The third kappa shape index (κ3) is 6.52. The lowest BCUT2D eigenvalue weighted by atomic mass is 9.98. The summed E-state index contributed by atoms with van der Waals surface area (Å²) in [6.07, 6.45) is -2.62. The molecular formula is C20H24ClF3N2O3S. The first kappa shape index (κ1) is 24.3. The van der Waals surface area contributed by atoms with Gasteiger partial charge in [-0.1, -0.05) is 19.1 Å². The molecule has 30 heavy (non-hydrogen) atoms. The number of sulfonamides is 1. The molecule has 1 aliphatic rings. The summed E-state index contributed by atoms with van der Waals surface area (Å²) in [6, 6.07) is 11.3. The van der Waals surface area contributed by atoms with Gasteiger partial charge in [0.15, 0.2) is 0 Å². The Morgan fingerprint density at radius 3 is 2.30 bits per heavy atom. The van der Waals surface area contributed by atoms with Crippen molar-refractivity contribution in [3.8, 4) is 5.75 Å². The van der Waals surface area contributed by atoms with E-state index in [2.05, 4.69) is 21.3 Å². The van der Waals surface area contributed by atoms with E-state index in [1.807, 2.05) is 12.1 Å². The van der Waals surface area contributed by atoms with E-state index >= 15 is 0 Å². The summed E-state index contributed by atoms with van der Waals surface area (Å²) in [4.78, 5) is 2.27. The number of halogens is 4. The second kappa shape index (κ2) is 9.89. The van der Waals surface area contributed by atoms with E-state index < -0.39 is 22.1 Å². The van der Waals surface area contributed by atoms with Crippen LogP contribution in [-0.4, -0.2) is 39.3 Å². The molecule has 2 aromatic carbocycles. The average Bonchev–Trinajstić information content (AvgIpc) is 3.10. The highest BCUT2D eigenvalue weighted by Gasteiger charge is 2.31. The zero-order chi connectivity index (χ0) is 21.1. The van der Waals surface area contributed by atoms with Gasteiger partial charge in [0.25, 0.3) is 10.0 Å². The second-order valence-electron chi connectivity index (χ2n) is 7.03. The number of likely N-dealkylation sites (tertiary alicyclic amines) is 1. The summed E-state index contributed by atoms with van der Waals surface area (Å²) in [5.74, 6) is -0.0390. The van der Waals surface area contributed by atoms with Crippen LogP contribution >= 0.6 is 12.4 Å². The van der Waals surface area contributed by atoms with Gasteiger partial charge in [-0.25, -0.2) is 8.42 Å². The lowest BCUT2D eigenvalue weighted by Crippen LogP contribution is -2.20. The minimum atomic E-state index is -4.83. The van der Waals surface area contributed by atoms with Crippen LogP contribution in [-0.2, 0) is 10.0 Å². The molecule has 166 valence electrons. The van der Waals surface area contributed by atoms with Crippen molar-refractivity contribution in [1.29, 1.82) is 0 Å². The first-order valence-corrected chi connectivity index (χ1v) is 10.9. The molecule has 0 aromatic heterocycles. The van der Waals surface area contributed by atoms with Crippen molar-refractivity contribution in [3.63, 3.8) is 0 Å². The molecular weight excluding hydrogens is 441 g/mol. The highest BCUT2D eigenvalue weighted by atomic mass is 35.5. The number of hydrogen-bond acceptors (Lipinski definition) is 4. The molecule has 1 fully saturated rings. The molecule has 0 aliphatic carbocycles. The van der Waals surface area contributed by atoms with Crippen molar-refractivity contribution in [2.45, 2.75) is 36.9 Å². The van der Waals surface area contributed by atoms with Crippen LogP contribution in [0.5, 0.6) is 5.75 Å². The van der Waals surface area contributed by atoms with Crippen molar-refractivity contribution >= 4 is 28.1 Å². The van der Waals surface area contributed by atoms with Crippen LogP contribution in [0.1, 0.15) is 31.2 Å². The quantitative estimate of drug-likeness (QED) is 0.626. The summed E-state index contributed by atoms with van der Waals surface area (Å²) in [5.41, 5.74) is 1.56. The number of rotatable bonds is 7. The third-order valence-electron chi connectivity index (χ3n) is 4.81. The second-order valence-corrected chi connectivity index (χ2v) is 8.72. The smallest absolute Gasteiger partial charge is 0.406 e. The Morgan fingerprint density at radius 1 is 1.10 bits per heavy atom. The predicted octanol–water partition coefficient (Wildman–Crippen LogP) is 5.01. The predicted molar refractivity (Wildman–Crippen MR) is 112 cm³/mol. The van der Waals surface area contributed by atoms with Gasteiger partial charge in [0.2, 0.25) is 0 Å². The number of anilines is 1. The summed E-state index contributed by atoms with van der Waals surface area (Å²) in [5, 5.41) is 0. The van der Waals surface area contributed by atoms with E-state index in [0.717, 1.165) is 56.7 Å². The number of benzene rings is 2. The zero-order valence-electron chi connectivity index (χ0n) is 16.4. The van der Waals surface area contributed by atoms with E-state index in [9.17, 15) is 21.6 Å². The molecule has 0 saturated carbocycles. The highest BCUT2D eigenvalue weighted by molar-refractivity contribution is 7.92. The Kier molecular flexibility index (Phi) is 8.01. The molecule has 0 radical (unpaired) electrons. The summed E-state index contributed by atoms with van der Waals surface area (Å²) >= 11 is 0. The third-order valence-corrected chi connectivity index (χ3v) is 6.21. The average molecular weight is 465 g/mol. The maximum absolute atomic E-state index is 12.5. The van der Waals surface area contributed by atoms with Crippen LogP contribution in [0.2, 0.25) is 0 Å². The lowest BCUT2D eigenvalue weighted by Gasteiger charge is -2.15. The molecule has 1 N–H and O–H groups in total. The Hall–Kier alpha value is -1.97. The van der Waals surface area contributed by atoms with Crippen LogP contribution in [0.25, 0.3) is 0 Å². The SMILES string of the molecule is CCCN1CC[C@@H](c2ccc(NS(=O)(=O)c3ccc(OC(F)(F)F)cc3)cc2)C1.Cl. The van der Waals surface area contributed by atoms with Gasteiger partial charge >= 0.3 is 6.36 Å². The number of hydrogen-bond donors (Lipinski definition) is 1. The largest absolute Gasteiger partial charge is 0.573 e. The summed E-state index contributed by atoms with van der Waals surface area (Å²) in [6.45, 7) is 5.32. The molecule has 1 saturated heterocycles. The molecule has 0 amide bonds. The van der Waals surface area contributed by atoms with Crippen LogP contribution in [0.4, 0.5) is 18.9 Å². The van der Waals surface area contributed by atoms with Crippen LogP contribution in [0.3, 0.4) is 0 Å². The fourth-order valence-corrected chi connectivity index (χ4v) is 4.54. The van der Waals surface area contributed by atoms with Crippen molar-refractivity contribution in [2.24, 2.45) is 0 Å². The maximum Gasteiger partial charge on any atom is 0.573 e. The van der Waals surface area contributed by atoms with E-state index in [4.69, 9.17) is 0 Å². The molecule has 1 aliphatic heterocycles. The molecule has 3 rings (SSSR count). The van der Waals surface area contributed by atoms with Gasteiger partial charge in [-0.05, 0) is 73.8 Å². The Balaban J connectivity index is 0.00000320. The van der Waals surface area contributed by atoms with Crippen molar-refractivity contribution in [1.82, 2.24) is 4.90 Å². The number of nitrogens with one attached hydrogen (secondary N) is 1. The van der Waals surface area contributed by atoms with Gasteiger partial charge in [0.05, 0.1) is 4.90 Å². The summed E-state index contributed by atoms with van der Waals surface area (Å²) in [7, 11) is -3.92. The van der Waals surface area contributed by atoms with E-state index in [1.54, 1.807) is 12.1 Å². The number of ether oxygens (including phenoxy) is 1. The standard InChI is InChI=1S/C20H23F3N2O3S.ClH/c1-2-12-25-13-11-16(14-25)15-3-5-17(6-4-15)24-29(26,27)19-9-7-18(8-10-19)28-20(21,22)23;/h3-10,16,24H,2,11-14H2,1H3;1H/t16-;/m1./s1. The molecule has 1 atom stereocenters. The molecule has 0 spiro atoms. The normalized spacial score (nSPS) is 17.4. The topological polar surface area (TPSA) is 58.6 Å². The lowest BCUT2D eigenvalue weighted by molar-refractivity contribution is -0.274. The van der Waals surface area contributed by atoms with E-state index in [0.29, 0.717) is 11.6 Å². The van der Waals surface area contributed by atoms with Crippen molar-refractivity contribution in [3.05, 3.63) is 54.1 Å². The van der Waals surface area contributed by atoms with Crippen molar-refractivity contribution < 1.29 is 26.3 Å². The van der Waals surface area contributed by atoms with Gasteiger partial charge in [-0.2, -0.15) is 0 Å². The van der Waals surface area contributed by atoms with Gasteiger partial charge in [-0.15, -0.1) is 25.6 Å². The van der Waals surface area contributed by atoms with E-state index in [1.165, 1.54) is 5.56 Å². The zero-order valence-corrected chi connectivity index (χ0v) is 18.0. The number of nitrogens with zero attached hydrogens (tertiary/aromatic N) is 1. The van der Waals surface area contributed by atoms with Crippen LogP contribution in [0.15, 0.2) is 53.4 Å². The molecule has 2 aromatic rings. The Labute approximate surface area is 180 Å². The van der Waals surface area contributed by atoms with E-state index in [-0.39, 0.29) is 17.3 Å². The van der Waals surface area contributed by atoms with Gasteiger partial charge in [0.1, 0.15) is 5.75 Å². The number of alkyl halides is 3. The summed E-state index contributed by atoms with van der Waals surface area (Å²) < 4.78 is 67.8. The minimum absolute atomic E-state index is 0. The minimum Gasteiger partial charge on any atom is -0.406 e. The van der Waals surface area contributed by atoms with Gasteiger partial charge in [0, 0.05) is 12.2 Å². The maximum atomic E-state index is 12.5. The molecule has 0 unspecified atom stereocenters. The van der Waals surface area contributed by atoms with Gasteiger partial charge in [-0.3, -0.25) is 4.72 Å². The van der Waals surface area contributed by atoms with Crippen LogP contribution in [0, 0.1) is 0 Å². The van der Waals surface area contributed by atoms with Crippen LogP contribution < -0.4 is 9.46 Å². The van der Waals surface area contributed by atoms with Crippen molar-refractivity contribution in [2.75, 3.05) is 24.4 Å². The fourth-order valence-electron chi connectivity index (χ4n) is 3.48. The molecule has 10 heteroatoms. The fraction of sp³-hybridized carbons (Fsp3) is 0.400. The first-order chi connectivity index (χ1) is 13.7. The Bertz CT molecular complexity index is 920. The molecule has 0 bridgehead atoms. The monoisotopic (exact) mass is 464 g/mol. The Morgan fingerprint density at radius 2 is 1.73 bits per heavy atom. The van der Waals surface area contributed by atoms with Gasteiger partial charge < -0.3 is 9.64 Å². The first-order valence-electron chi connectivity index (χ1n) is 9.37. The molecule has 5 nitrogen and oxygen atoms in total.